The van der Waals surface area contributed by atoms with Crippen LogP contribution in [0.15, 0.2) is 27.6 Å². The van der Waals surface area contributed by atoms with Gasteiger partial charge in [-0.3, -0.25) is 14.5 Å². The van der Waals surface area contributed by atoms with Crippen LogP contribution in [-0.2, 0) is 14.3 Å². The van der Waals surface area contributed by atoms with Gasteiger partial charge in [-0.05, 0) is 44.5 Å². The zero-order valence-electron chi connectivity index (χ0n) is 14.6. The molecule has 0 radical (unpaired) electrons. The summed E-state index contributed by atoms with van der Waals surface area (Å²) in [6.45, 7) is 4.98. The molecule has 1 aromatic rings. The Bertz CT molecular complexity index is 736. The van der Waals surface area contributed by atoms with E-state index in [4.69, 9.17) is 21.7 Å². The van der Waals surface area contributed by atoms with E-state index in [-0.39, 0.29) is 18.3 Å². The van der Waals surface area contributed by atoms with Crippen molar-refractivity contribution in [1.29, 1.82) is 0 Å². The van der Waals surface area contributed by atoms with Gasteiger partial charge in [-0.1, -0.05) is 39.9 Å². The van der Waals surface area contributed by atoms with Crippen LogP contribution in [0, 0.1) is 0 Å². The van der Waals surface area contributed by atoms with Crippen LogP contribution in [0.5, 0.6) is 5.75 Å². The van der Waals surface area contributed by atoms with Crippen LogP contribution in [0.1, 0.15) is 32.3 Å². The Balaban J connectivity index is 2.09. The fourth-order valence-corrected chi connectivity index (χ4v) is 4.05. The smallest absolute Gasteiger partial charge is 0.305 e. The summed E-state index contributed by atoms with van der Waals surface area (Å²) in [5.74, 6) is 0.304. The number of nitrogens with zero attached hydrogens (tertiary/aromatic N) is 1. The summed E-state index contributed by atoms with van der Waals surface area (Å²) in [6, 6.07) is 5.65. The molecule has 5 nitrogen and oxygen atoms in total. The maximum Gasteiger partial charge on any atom is 0.305 e. The molecule has 1 aromatic carbocycles. The van der Waals surface area contributed by atoms with Crippen LogP contribution in [0.2, 0.25) is 0 Å². The van der Waals surface area contributed by atoms with E-state index in [0.717, 1.165) is 10.0 Å². The number of hydrogen-bond donors (Lipinski definition) is 0. The molecule has 2 rings (SSSR count). The molecule has 0 aliphatic carbocycles. The number of halogens is 1. The van der Waals surface area contributed by atoms with Crippen molar-refractivity contribution >= 4 is 62.2 Å². The van der Waals surface area contributed by atoms with E-state index in [1.807, 2.05) is 25.1 Å². The number of carbonyl (C=O) groups is 2. The Kier molecular flexibility index (Phi) is 8.12. The molecule has 0 saturated carbocycles. The average molecular weight is 458 g/mol. The SMILES string of the molecule is CCOC(=O)CCCN1C(=O)/C(=C/c2cc(Br)ccc2OCC)SC1=S. The number of amides is 1. The summed E-state index contributed by atoms with van der Waals surface area (Å²) in [4.78, 5) is 26.2. The Morgan fingerprint density at radius 3 is 2.81 bits per heavy atom. The second kappa shape index (κ2) is 10.1. The van der Waals surface area contributed by atoms with Crippen molar-refractivity contribution < 1.29 is 19.1 Å². The van der Waals surface area contributed by atoms with E-state index < -0.39 is 0 Å². The molecular formula is C18H20BrNO4S2. The van der Waals surface area contributed by atoms with Gasteiger partial charge in [0, 0.05) is 23.0 Å². The minimum absolute atomic E-state index is 0.147. The molecule has 0 atom stereocenters. The number of ether oxygens (including phenoxy) is 2. The molecule has 1 saturated heterocycles. The molecule has 140 valence electrons. The molecule has 1 amide bonds. The van der Waals surface area contributed by atoms with Crippen LogP contribution in [0.25, 0.3) is 6.08 Å². The molecule has 1 fully saturated rings. The number of benzene rings is 1. The van der Waals surface area contributed by atoms with Crippen LogP contribution >= 0.6 is 39.9 Å². The zero-order chi connectivity index (χ0) is 19.1. The van der Waals surface area contributed by atoms with E-state index >= 15 is 0 Å². The lowest BCUT2D eigenvalue weighted by Gasteiger charge is -2.13. The lowest BCUT2D eigenvalue weighted by atomic mass is 10.2. The highest BCUT2D eigenvalue weighted by Crippen LogP contribution is 2.35. The Morgan fingerprint density at radius 2 is 2.12 bits per heavy atom. The molecule has 8 heteroatoms. The normalized spacial score (nSPS) is 15.7. The molecule has 0 aromatic heterocycles. The van der Waals surface area contributed by atoms with E-state index in [1.165, 1.54) is 16.7 Å². The third-order valence-corrected chi connectivity index (χ3v) is 5.37. The van der Waals surface area contributed by atoms with Gasteiger partial charge in [0.25, 0.3) is 5.91 Å². The second-order valence-corrected chi connectivity index (χ2v) is 7.95. The van der Waals surface area contributed by atoms with Gasteiger partial charge in [-0.15, -0.1) is 0 Å². The molecular weight excluding hydrogens is 438 g/mol. The minimum Gasteiger partial charge on any atom is -0.493 e. The van der Waals surface area contributed by atoms with Gasteiger partial charge in [0.05, 0.1) is 18.1 Å². The minimum atomic E-state index is -0.260. The molecule has 0 N–H and O–H groups in total. The Labute approximate surface area is 171 Å². The van der Waals surface area contributed by atoms with Gasteiger partial charge in [0.2, 0.25) is 0 Å². The summed E-state index contributed by atoms with van der Waals surface area (Å²) < 4.78 is 11.9. The largest absolute Gasteiger partial charge is 0.493 e. The predicted octanol–water partition coefficient (Wildman–Crippen LogP) is 4.39. The van der Waals surface area contributed by atoms with Crippen molar-refractivity contribution in [2.24, 2.45) is 0 Å². The molecule has 26 heavy (non-hydrogen) atoms. The van der Waals surface area contributed by atoms with Crippen LogP contribution < -0.4 is 4.74 Å². The quantitative estimate of drug-likeness (QED) is 0.327. The van der Waals surface area contributed by atoms with Crippen LogP contribution in [0.3, 0.4) is 0 Å². The summed E-state index contributed by atoms with van der Waals surface area (Å²) in [7, 11) is 0. The highest BCUT2D eigenvalue weighted by Gasteiger charge is 2.31. The number of carbonyl (C=O) groups excluding carboxylic acids is 2. The maximum absolute atomic E-state index is 12.7. The number of thioether (sulfide) groups is 1. The van der Waals surface area contributed by atoms with E-state index in [2.05, 4.69) is 15.9 Å². The lowest BCUT2D eigenvalue weighted by molar-refractivity contribution is -0.143. The summed E-state index contributed by atoms with van der Waals surface area (Å²) in [5.41, 5.74) is 0.813. The first-order valence-electron chi connectivity index (χ1n) is 8.29. The maximum atomic E-state index is 12.7. The lowest BCUT2D eigenvalue weighted by Crippen LogP contribution is -2.29. The predicted molar refractivity (Wildman–Crippen MR) is 111 cm³/mol. The molecule has 0 bridgehead atoms. The third kappa shape index (κ3) is 5.56. The van der Waals surface area contributed by atoms with Crippen molar-refractivity contribution in [1.82, 2.24) is 4.90 Å². The highest BCUT2D eigenvalue weighted by atomic mass is 79.9. The van der Waals surface area contributed by atoms with Crippen molar-refractivity contribution in [2.45, 2.75) is 26.7 Å². The fraction of sp³-hybridized carbons (Fsp3) is 0.389. The molecule has 1 aliphatic rings. The van der Waals surface area contributed by atoms with Gasteiger partial charge in [0.1, 0.15) is 10.1 Å². The Morgan fingerprint density at radius 1 is 1.35 bits per heavy atom. The number of hydrogen-bond acceptors (Lipinski definition) is 6. The van der Waals surface area contributed by atoms with Crippen molar-refractivity contribution in [2.75, 3.05) is 19.8 Å². The van der Waals surface area contributed by atoms with Gasteiger partial charge < -0.3 is 9.47 Å². The summed E-state index contributed by atoms with van der Waals surface area (Å²) in [5, 5.41) is 0. The first-order valence-corrected chi connectivity index (χ1v) is 10.3. The van der Waals surface area contributed by atoms with Crippen molar-refractivity contribution in [3.05, 3.63) is 33.1 Å². The molecule has 1 aliphatic heterocycles. The summed E-state index contributed by atoms with van der Waals surface area (Å²) in [6.07, 6.45) is 2.57. The summed E-state index contributed by atoms with van der Waals surface area (Å²) >= 11 is 10.0. The van der Waals surface area contributed by atoms with E-state index in [0.29, 0.717) is 41.2 Å². The van der Waals surface area contributed by atoms with Gasteiger partial charge in [-0.2, -0.15) is 0 Å². The molecule has 0 unspecified atom stereocenters. The first-order chi connectivity index (χ1) is 12.5. The van der Waals surface area contributed by atoms with Gasteiger partial charge >= 0.3 is 5.97 Å². The standard InChI is InChI=1S/C18H20BrNO4S2/c1-3-23-14-8-7-13(19)10-12(14)11-15-17(22)20(18(25)26-15)9-5-6-16(21)24-4-2/h7-8,10-11H,3-6,9H2,1-2H3/b15-11-. The van der Waals surface area contributed by atoms with Gasteiger partial charge in [-0.25, -0.2) is 0 Å². The van der Waals surface area contributed by atoms with Gasteiger partial charge in [0.15, 0.2) is 0 Å². The Hall–Kier alpha value is -1.38. The second-order valence-electron chi connectivity index (χ2n) is 5.36. The van der Waals surface area contributed by atoms with Crippen LogP contribution in [-0.4, -0.2) is 40.9 Å². The number of rotatable bonds is 8. The topological polar surface area (TPSA) is 55.8 Å². The first kappa shape index (κ1) is 20.9. The molecule has 0 spiro atoms. The number of thiocarbonyl (C=S) groups is 1. The number of esters is 1. The fourth-order valence-electron chi connectivity index (χ4n) is 2.37. The monoisotopic (exact) mass is 457 g/mol. The van der Waals surface area contributed by atoms with Crippen LogP contribution in [0.4, 0.5) is 0 Å². The van der Waals surface area contributed by atoms with Crippen molar-refractivity contribution in [3.8, 4) is 5.75 Å². The highest BCUT2D eigenvalue weighted by molar-refractivity contribution is 9.10. The average Bonchev–Trinajstić information content (AvgIpc) is 2.85. The van der Waals surface area contributed by atoms with E-state index in [1.54, 1.807) is 13.0 Å². The zero-order valence-corrected chi connectivity index (χ0v) is 17.8. The molecule has 1 heterocycles. The van der Waals surface area contributed by atoms with E-state index in [9.17, 15) is 9.59 Å². The van der Waals surface area contributed by atoms with Crippen molar-refractivity contribution in [3.63, 3.8) is 0 Å². The third-order valence-electron chi connectivity index (χ3n) is 3.50.